The third-order valence-electron chi connectivity index (χ3n) is 2.57. The number of halogens is 1. The van der Waals surface area contributed by atoms with Crippen molar-refractivity contribution in [1.82, 2.24) is 0 Å². The highest BCUT2D eigenvalue weighted by molar-refractivity contribution is 6.04. The first-order chi connectivity index (χ1) is 9.70. The van der Waals surface area contributed by atoms with Crippen molar-refractivity contribution in [3.8, 4) is 11.8 Å². The first-order valence-corrected chi connectivity index (χ1v) is 5.96. The molecule has 0 aliphatic rings. The molecule has 0 saturated carbocycles. The van der Waals surface area contributed by atoms with Crippen LogP contribution in [0.2, 0.25) is 0 Å². The van der Waals surface area contributed by atoms with Crippen molar-refractivity contribution in [2.45, 2.75) is 0 Å². The Kier molecular flexibility index (Phi) is 4.48. The van der Waals surface area contributed by atoms with Gasteiger partial charge in [0.2, 0.25) is 0 Å². The van der Waals surface area contributed by atoms with Crippen molar-refractivity contribution < 1.29 is 14.3 Å². The number of hydrogen-bond acceptors (Lipinski definition) is 2. The smallest absolute Gasteiger partial charge is 0.255 e. The first-order valence-electron chi connectivity index (χ1n) is 5.96. The molecule has 0 aliphatic heterocycles. The van der Waals surface area contributed by atoms with Crippen molar-refractivity contribution in [2.24, 2.45) is 0 Å². The Hall–Kier alpha value is -2.64. The fourth-order valence-corrected chi connectivity index (χ4v) is 1.65. The molecule has 0 aliphatic carbocycles. The van der Waals surface area contributed by atoms with Crippen LogP contribution in [0.25, 0.3) is 0 Å². The molecule has 2 N–H and O–H groups in total. The average Bonchev–Trinajstić information content (AvgIpc) is 2.48. The summed E-state index contributed by atoms with van der Waals surface area (Å²) in [4.78, 5) is 12.0. The van der Waals surface area contributed by atoms with Crippen LogP contribution in [-0.2, 0) is 0 Å². The van der Waals surface area contributed by atoms with Gasteiger partial charge in [-0.1, -0.05) is 30.0 Å². The van der Waals surface area contributed by atoms with Crippen LogP contribution in [0, 0.1) is 17.7 Å². The number of hydrogen-bond donors (Lipinski definition) is 2. The lowest BCUT2D eigenvalue weighted by atomic mass is 10.1. The maximum absolute atomic E-state index is 13.2. The molecule has 20 heavy (non-hydrogen) atoms. The number of anilines is 1. The van der Waals surface area contributed by atoms with Gasteiger partial charge in [-0.25, -0.2) is 4.39 Å². The minimum absolute atomic E-state index is 0.302. The zero-order chi connectivity index (χ0) is 14.4. The van der Waals surface area contributed by atoms with Crippen LogP contribution >= 0.6 is 0 Å². The molecule has 1 amide bonds. The SMILES string of the molecule is O=C(Nc1ccc(F)cc1C#CCO)c1ccccc1. The lowest BCUT2D eigenvalue weighted by molar-refractivity contribution is 0.102. The standard InChI is InChI=1S/C16H12FNO2/c17-14-8-9-15(13(11-14)7-4-10-19)18-16(20)12-5-2-1-3-6-12/h1-3,5-6,8-9,11,19H,10H2,(H,18,20). The Labute approximate surface area is 116 Å². The van der Waals surface area contributed by atoms with E-state index in [1.807, 2.05) is 6.07 Å². The molecule has 0 unspecified atom stereocenters. The second-order valence-corrected chi connectivity index (χ2v) is 3.97. The molecule has 2 aromatic rings. The van der Waals surface area contributed by atoms with Gasteiger partial charge >= 0.3 is 0 Å². The Bertz CT molecular complexity index is 672. The summed E-state index contributed by atoms with van der Waals surface area (Å²) >= 11 is 0. The van der Waals surface area contributed by atoms with Gasteiger partial charge in [0.05, 0.1) is 11.3 Å². The molecule has 3 nitrogen and oxygen atoms in total. The summed E-state index contributed by atoms with van der Waals surface area (Å²) in [7, 11) is 0. The minimum atomic E-state index is -0.454. The Morgan fingerprint density at radius 3 is 2.65 bits per heavy atom. The molecule has 0 radical (unpaired) electrons. The van der Waals surface area contributed by atoms with Crippen molar-refractivity contribution in [3.63, 3.8) is 0 Å². The third-order valence-corrected chi connectivity index (χ3v) is 2.57. The number of aliphatic hydroxyl groups is 1. The predicted octanol–water partition coefficient (Wildman–Crippen LogP) is 2.42. The second kappa shape index (κ2) is 6.50. The quantitative estimate of drug-likeness (QED) is 0.823. The van der Waals surface area contributed by atoms with Crippen LogP contribution in [0.3, 0.4) is 0 Å². The molecular weight excluding hydrogens is 257 g/mol. The first kappa shape index (κ1) is 13.8. The maximum Gasteiger partial charge on any atom is 0.255 e. The molecular formula is C16H12FNO2. The van der Waals surface area contributed by atoms with Gasteiger partial charge in [0, 0.05) is 5.56 Å². The topological polar surface area (TPSA) is 49.3 Å². The molecule has 0 atom stereocenters. The van der Waals surface area contributed by atoms with E-state index in [9.17, 15) is 9.18 Å². The van der Waals surface area contributed by atoms with Gasteiger partial charge in [-0.15, -0.1) is 0 Å². The van der Waals surface area contributed by atoms with Crippen molar-refractivity contribution >= 4 is 11.6 Å². The van der Waals surface area contributed by atoms with E-state index >= 15 is 0 Å². The predicted molar refractivity (Wildman–Crippen MR) is 74.8 cm³/mol. The van der Waals surface area contributed by atoms with Gasteiger partial charge < -0.3 is 10.4 Å². The zero-order valence-electron chi connectivity index (χ0n) is 10.6. The highest BCUT2D eigenvalue weighted by atomic mass is 19.1. The van der Waals surface area contributed by atoms with E-state index in [1.54, 1.807) is 24.3 Å². The van der Waals surface area contributed by atoms with Gasteiger partial charge in [-0.05, 0) is 30.3 Å². The highest BCUT2D eigenvalue weighted by Crippen LogP contribution is 2.17. The number of benzene rings is 2. The van der Waals surface area contributed by atoms with Crippen molar-refractivity contribution in [3.05, 3.63) is 65.5 Å². The Morgan fingerprint density at radius 2 is 1.95 bits per heavy atom. The van der Waals surface area contributed by atoms with Crippen molar-refractivity contribution in [1.29, 1.82) is 0 Å². The summed E-state index contributed by atoms with van der Waals surface area (Å²) in [5, 5.41) is 11.4. The fraction of sp³-hybridized carbons (Fsp3) is 0.0625. The second-order valence-electron chi connectivity index (χ2n) is 3.97. The summed E-state index contributed by atoms with van der Waals surface area (Å²) in [6, 6.07) is 12.6. The summed E-state index contributed by atoms with van der Waals surface area (Å²) < 4.78 is 13.2. The van der Waals surface area contributed by atoms with Crippen LogP contribution in [-0.4, -0.2) is 17.6 Å². The number of carbonyl (C=O) groups is 1. The van der Waals surface area contributed by atoms with E-state index in [-0.39, 0.29) is 12.5 Å². The fourth-order valence-electron chi connectivity index (χ4n) is 1.65. The number of rotatable bonds is 2. The summed E-state index contributed by atoms with van der Waals surface area (Å²) in [6.45, 7) is -0.331. The Balaban J connectivity index is 2.27. The zero-order valence-corrected chi connectivity index (χ0v) is 10.6. The van der Waals surface area contributed by atoms with Crippen LogP contribution < -0.4 is 5.32 Å². The molecule has 2 aromatic carbocycles. The number of amides is 1. The van der Waals surface area contributed by atoms with Crippen molar-refractivity contribution in [2.75, 3.05) is 11.9 Å². The number of nitrogens with one attached hydrogen (secondary N) is 1. The Morgan fingerprint density at radius 1 is 1.20 bits per heavy atom. The molecule has 0 bridgehead atoms. The summed E-state index contributed by atoms with van der Waals surface area (Å²) in [5.74, 6) is 4.28. The highest BCUT2D eigenvalue weighted by Gasteiger charge is 2.08. The normalized spacial score (nSPS) is 9.50. The van der Waals surface area contributed by atoms with Crippen LogP contribution in [0.15, 0.2) is 48.5 Å². The van der Waals surface area contributed by atoms with Crippen LogP contribution in [0.5, 0.6) is 0 Å². The van der Waals surface area contributed by atoms with Crippen LogP contribution in [0.1, 0.15) is 15.9 Å². The largest absolute Gasteiger partial charge is 0.384 e. The van der Waals surface area contributed by atoms with Gasteiger partial charge in [0.25, 0.3) is 5.91 Å². The van der Waals surface area contributed by atoms with E-state index in [4.69, 9.17) is 5.11 Å². The number of aliphatic hydroxyl groups excluding tert-OH is 1. The molecule has 100 valence electrons. The molecule has 0 fully saturated rings. The lowest BCUT2D eigenvalue weighted by Crippen LogP contribution is -2.12. The van der Waals surface area contributed by atoms with Gasteiger partial charge in [0.15, 0.2) is 0 Å². The lowest BCUT2D eigenvalue weighted by Gasteiger charge is -2.07. The van der Waals surface area contributed by atoms with Crippen LogP contribution in [0.4, 0.5) is 10.1 Å². The van der Waals surface area contributed by atoms with E-state index in [0.717, 1.165) is 0 Å². The van der Waals surface area contributed by atoms with E-state index in [1.165, 1.54) is 18.2 Å². The molecule has 0 spiro atoms. The monoisotopic (exact) mass is 269 g/mol. The number of carbonyl (C=O) groups excluding carboxylic acids is 1. The molecule has 0 heterocycles. The molecule has 4 heteroatoms. The van der Waals surface area contributed by atoms with E-state index in [2.05, 4.69) is 17.2 Å². The summed E-state index contributed by atoms with van der Waals surface area (Å²) in [5.41, 5.74) is 1.22. The molecule has 0 aromatic heterocycles. The molecule has 0 saturated heterocycles. The van der Waals surface area contributed by atoms with E-state index in [0.29, 0.717) is 16.8 Å². The van der Waals surface area contributed by atoms with Gasteiger partial charge in [-0.2, -0.15) is 0 Å². The minimum Gasteiger partial charge on any atom is -0.384 e. The van der Waals surface area contributed by atoms with Gasteiger partial charge in [0.1, 0.15) is 12.4 Å². The van der Waals surface area contributed by atoms with E-state index < -0.39 is 5.82 Å². The maximum atomic E-state index is 13.2. The summed E-state index contributed by atoms with van der Waals surface area (Å²) in [6.07, 6.45) is 0. The third kappa shape index (κ3) is 3.44. The average molecular weight is 269 g/mol. The van der Waals surface area contributed by atoms with Gasteiger partial charge in [-0.3, -0.25) is 4.79 Å². The molecule has 2 rings (SSSR count).